The predicted molar refractivity (Wildman–Crippen MR) is 117 cm³/mol. The number of carbonyl (C=O) groups is 2. The van der Waals surface area contributed by atoms with Crippen LogP contribution < -0.4 is 10.2 Å². The number of hydrogen-bond donors (Lipinski definition) is 1. The second-order valence-electron chi connectivity index (χ2n) is 9.50. The zero-order valence-corrected chi connectivity index (χ0v) is 18.4. The lowest BCUT2D eigenvalue weighted by molar-refractivity contribution is -0.135. The Balaban J connectivity index is 1.41. The highest BCUT2D eigenvalue weighted by Crippen LogP contribution is 2.36. The van der Waals surface area contributed by atoms with Gasteiger partial charge in [-0.3, -0.25) is 14.5 Å². The van der Waals surface area contributed by atoms with Gasteiger partial charge in [-0.05, 0) is 44.7 Å². The number of hydrogen-bond acceptors (Lipinski definition) is 4. The molecule has 1 N–H and O–H groups in total. The van der Waals surface area contributed by atoms with Gasteiger partial charge < -0.3 is 15.0 Å². The van der Waals surface area contributed by atoms with Crippen molar-refractivity contribution < 1.29 is 14.3 Å². The van der Waals surface area contributed by atoms with Crippen LogP contribution in [0, 0.1) is 11.8 Å². The topological polar surface area (TPSA) is 61.9 Å². The molecule has 4 rings (SSSR count). The lowest BCUT2D eigenvalue weighted by atomic mass is 9.77. The number of carbonyl (C=O) groups excluding carboxylic acids is 2. The summed E-state index contributed by atoms with van der Waals surface area (Å²) in [4.78, 5) is 30.9. The summed E-state index contributed by atoms with van der Waals surface area (Å²) in [6.45, 7) is 8.93. The number of para-hydroxylation sites is 1. The number of rotatable bonds is 5. The monoisotopic (exact) mass is 413 g/mol. The maximum absolute atomic E-state index is 13.5. The molecule has 0 spiro atoms. The summed E-state index contributed by atoms with van der Waals surface area (Å²) in [6, 6.07) is 8.15. The Labute approximate surface area is 179 Å². The average Bonchev–Trinajstić information content (AvgIpc) is 3.22. The fraction of sp³-hybridized carbons (Fsp3) is 0.667. The number of benzene rings is 1. The van der Waals surface area contributed by atoms with E-state index in [1.54, 1.807) is 0 Å². The Morgan fingerprint density at radius 1 is 1.07 bits per heavy atom. The van der Waals surface area contributed by atoms with Crippen molar-refractivity contribution in [3.8, 4) is 0 Å². The smallest absolute Gasteiger partial charge is 0.230 e. The largest absolute Gasteiger partial charge is 0.379 e. The summed E-state index contributed by atoms with van der Waals surface area (Å²) in [5.41, 5.74) is 2.14. The number of nitrogens with one attached hydrogen (secondary N) is 1. The van der Waals surface area contributed by atoms with Gasteiger partial charge in [-0.15, -0.1) is 0 Å². The first-order valence-corrected chi connectivity index (χ1v) is 11.5. The molecule has 1 aromatic carbocycles. The van der Waals surface area contributed by atoms with Gasteiger partial charge in [0, 0.05) is 43.3 Å². The highest BCUT2D eigenvalue weighted by atomic mass is 16.5. The molecule has 2 fully saturated rings. The Morgan fingerprint density at radius 2 is 1.77 bits per heavy atom. The van der Waals surface area contributed by atoms with E-state index >= 15 is 0 Å². The standard InChI is InChI=1S/C24H35N3O3/c1-24(2,26-13-15-30-16-14-26)17-25-22(28)19-8-4-5-9-20(19)23(29)27-12-11-18-7-3-6-10-21(18)27/h3,6-7,10,19-20H,4-5,8-9,11-17H2,1-2H3,(H,25,28). The van der Waals surface area contributed by atoms with Crippen molar-refractivity contribution in [1.29, 1.82) is 0 Å². The van der Waals surface area contributed by atoms with Crippen molar-refractivity contribution in [1.82, 2.24) is 10.2 Å². The van der Waals surface area contributed by atoms with Crippen LogP contribution in [0.3, 0.4) is 0 Å². The average molecular weight is 414 g/mol. The van der Waals surface area contributed by atoms with Gasteiger partial charge in [-0.25, -0.2) is 0 Å². The van der Waals surface area contributed by atoms with Gasteiger partial charge in [0.25, 0.3) is 0 Å². The molecule has 2 heterocycles. The van der Waals surface area contributed by atoms with E-state index in [1.807, 2.05) is 23.1 Å². The summed E-state index contributed by atoms with van der Waals surface area (Å²) < 4.78 is 5.46. The zero-order chi connectivity index (χ0) is 21.1. The van der Waals surface area contributed by atoms with E-state index in [4.69, 9.17) is 4.74 Å². The number of anilines is 1. The van der Waals surface area contributed by atoms with Crippen molar-refractivity contribution >= 4 is 17.5 Å². The first kappa shape index (κ1) is 21.3. The fourth-order valence-electron chi connectivity index (χ4n) is 5.22. The lowest BCUT2D eigenvalue weighted by Gasteiger charge is -2.41. The Morgan fingerprint density at radius 3 is 2.53 bits per heavy atom. The van der Waals surface area contributed by atoms with E-state index < -0.39 is 0 Å². The number of ether oxygens (including phenoxy) is 1. The van der Waals surface area contributed by atoms with Crippen molar-refractivity contribution in [2.45, 2.75) is 51.5 Å². The molecule has 1 saturated heterocycles. The molecule has 6 heteroatoms. The van der Waals surface area contributed by atoms with Crippen LogP contribution in [-0.4, -0.2) is 61.6 Å². The molecule has 2 unspecified atom stereocenters. The van der Waals surface area contributed by atoms with E-state index in [2.05, 4.69) is 30.1 Å². The van der Waals surface area contributed by atoms with Gasteiger partial charge in [-0.1, -0.05) is 31.0 Å². The highest BCUT2D eigenvalue weighted by Gasteiger charge is 2.40. The van der Waals surface area contributed by atoms with E-state index in [1.165, 1.54) is 5.56 Å². The zero-order valence-electron chi connectivity index (χ0n) is 18.4. The number of amides is 2. The fourth-order valence-corrected chi connectivity index (χ4v) is 5.22. The molecule has 1 saturated carbocycles. The number of nitrogens with zero attached hydrogens (tertiary/aromatic N) is 2. The van der Waals surface area contributed by atoms with Crippen LogP contribution in [0.25, 0.3) is 0 Å². The maximum Gasteiger partial charge on any atom is 0.230 e. The quantitative estimate of drug-likeness (QED) is 0.806. The van der Waals surface area contributed by atoms with Crippen LogP contribution in [0.5, 0.6) is 0 Å². The second kappa shape index (κ2) is 9.06. The maximum atomic E-state index is 13.5. The summed E-state index contributed by atoms with van der Waals surface area (Å²) in [6.07, 6.45) is 4.55. The third kappa shape index (κ3) is 4.40. The van der Waals surface area contributed by atoms with Gasteiger partial charge in [0.1, 0.15) is 0 Å². The molecule has 0 bridgehead atoms. The SMILES string of the molecule is CC(C)(CNC(=O)C1CCCCC1C(=O)N1CCc2ccccc21)N1CCOCC1. The van der Waals surface area contributed by atoms with Gasteiger partial charge >= 0.3 is 0 Å². The van der Waals surface area contributed by atoms with Gasteiger partial charge in [0.2, 0.25) is 11.8 Å². The van der Waals surface area contributed by atoms with Crippen LogP contribution in [0.1, 0.15) is 45.1 Å². The molecule has 30 heavy (non-hydrogen) atoms. The Kier molecular flexibility index (Phi) is 6.44. The molecular weight excluding hydrogens is 378 g/mol. The van der Waals surface area contributed by atoms with Crippen LogP contribution in [0.4, 0.5) is 5.69 Å². The van der Waals surface area contributed by atoms with Crippen LogP contribution in [-0.2, 0) is 20.7 Å². The second-order valence-corrected chi connectivity index (χ2v) is 9.50. The minimum absolute atomic E-state index is 0.0434. The number of morpholine rings is 1. The molecule has 1 aromatic rings. The van der Waals surface area contributed by atoms with E-state index in [0.717, 1.165) is 70.6 Å². The third-order valence-electron chi connectivity index (χ3n) is 7.14. The summed E-state index contributed by atoms with van der Waals surface area (Å²) in [5.74, 6) is -0.259. The molecule has 2 atom stereocenters. The van der Waals surface area contributed by atoms with Crippen LogP contribution >= 0.6 is 0 Å². The van der Waals surface area contributed by atoms with Gasteiger partial charge in [-0.2, -0.15) is 0 Å². The summed E-state index contributed by atoms with van der Waals surface area (Å²) in [5, 5.41) is 3.19. The molecule has 2 amide bonds. The summed E-state index contributed by atoms with van der Waals surface area (Å²) in [7, 11) is 0. The highest BCUT2D eigenvalue weighted by molar-refractivity contribution is 5.99. The van der Waals surface area contributed by atoms with Crippen LogP contribution in [0.2, 0.25) is 0 Å². The Bertz CT molecular complexity index is 773. The molecular formula is C24H35N3O3. The van der Waals surface area contributed by atoms with Gasteiger partial charge in [0.15, 0.2) is 0 Å². The Hall–Kier alpha value is -1.92. The predicted octanol–water partition coefficient (Wildman–Crippen LogP) is 2.61. The van der Waals surface area contributed by atoms with Crippen molar-refractivity contribution in [2.24, 2.45) is 11.8 Å². The summed E-state index contributed by atoms with van der Waals surface area (Å²) >= 11 is 0. The molecule has 0 radical (unpaired) electrons. The molecule has 2 aliphatic heterocycles. The molecule has 6 nitrogen and oxygen atoms in total. The normalized spacial score (nSPS) is 25.1. The van der Waals surface area contributed by atoms with E-state index in [0.29, 0.717) is 6.54 Å². The number of fused-ring (bicyclic) bond motifs is 1. The minimum Gasteiger partial charge on any atom is -0.379 e. The van der Waals surface area contributed by atoms with Crippen molar-refractivity contribution in [3.05, 3.63) is 29.8 Å². The molecule has 0 aromatic heterocycles. The van der Waals surface area contributed by atoms with Crippen LogP contribution in [0.15, 0.2) is 24.3 Å². The van der Waals surface area contributed by atoms with E-state index in [-0.39, 0.29) is 29.2 Å². The van der Waals surface area contributed by atoms with Crippen molar-refractivity contribution in [3.63, 3.8) is 0 Å². The lowest BCUT2D eigenvalue weighted by Crippen LogP contribution is -2.56. The van der Waals surface area contributed by atoms with Gasteiger partial charge in [0.05, 0.1) is 19.1 Å². The molecule has 3 aliphatic rings. The minimum atomic E-state index is -0.223. The van der Waals surface area contributed by atoms with Crippen molar-refractivity contribution in [2.75, 3.05) is 44.3 Å². The van der Waals surface area contributed by atoms with E-state index in [9.17, 15) is 9.59 Å². The first-order valence-electron chi connectivity index (χ1n) is 11.5. The molecule has 1 aliphatic carbocycles. The third-order valence-corrected chi connectivity index (χ3v) is 7.14. The first-order chi connectivity index (χ1) is 14.5. The molecule has 164 valence electrons.